The van der Waals surface area contributed by atoms with Gasteiger partial charge in [0.25, 0.3) is 0 Å². The lowest BCUT2D eigenvalue weighted by Gasteiger charge is -2.41. The molecule has 0 radical (unpaired) electrons. The van der Waals surface area contributed by atoms with Crippen molar-refractivity contribution in [3.8, 4) is 5.75 Å². The molecule has 27 heavy (non-hydrogen) atoms. The molecule has 142 valence electrons. The molecular weight excluding hydrogens is 360 g/mol. The molecule has 0 amide bonds. The lowest BCUT2D eigenvalue weighted by Crippen LogP contribution is -2.53. The van der Waals surface area contributed by atoms with Gasteiger partial charge in [0, 0.05) is 56.2 Å². The molecule has 3 aliphatic heterocycles. The van der Waals surface area contributed by atoms with Crippen LogP contribution >= 0.6 is 11.6 Å². The number of nitrogens with zero attached hydrogens (tertiary/aromatic N) is 2. The number of hydrogen-bond donors (Lipinski definition) is 1. The van der Waals surface area contributed by atoms with Crippen LogP contribution in [0, 0.1) is 0 Å². The van der Waals surface area contributed by atoms with Crippen LogP contribution in [0.2, 0.25) is 5.02 Å². The van der Waals surface area contributed by atoms with Gasteiger partial charge in [0.05, 0.1) is 12.1 Å². The van der Waals surface area contributed by atoms with Crippen LogP contribution in [-0.4, -0.2) is 53.9 Å². The van der Waals surface area contributed by atoms with E-state index in [0.717, 1.165) is 49.7 Å². The zero-order valence-corrected chi connectivity index (χ0v) is 16.1. The van der Waals surface area contributed by atoms with Crippen LogP contribution in [0.5, 0.6) is 5.75 Å². The van der Waals surface area contributed by atoms with Crippen molar-refractivity contribution in [2.24, 2.45) is 0 Å². The van der Waals surface area contributed by atoms with Gasteiger partial charge in [-0.25, -0.2) is 0 Å². The van der Waals surface area contributed by atoms with E-state index in [1.165, 1.54) is 11.3 Å². The highest BCUT2D eigenvalue weighted by molar-refractivity contribution is 6.30. The molecule has 4 nitrogen and oxygen atoms in total. The first-order valence-electron chi connectivity index (χ1n) is 9.81. The molecule has 2 unspecified atom stereocenters. The predicted molar refractivity (Wildman–Crippen MR) is 108 cm³/mol. The van der Waals surface area contributed by atoms with Crippen molar-refractivity contribution in [1.29, 1.82) is 0 Å². The molecule has 0 aromatic heterocycles. The van der Waals surface area contributed by atoms with Crippen molar-refractivity contribution in [3.05, 3.63) is 59.1 Å². The topological polar surface area (TPSA) is 35.9 Å². The number of aliphatic hydroxyl groups excluding tert-OH is 1. The summed E-state index contributed by atoms with van der Waals surface area (Å²) in [7, 11) is 0. The van der Waals surface area contributed by atoms with Gasteiger partial charge in [-0.1, -0.05) is 29.8 Å². The summed E-state index contributed by atoms with van der Waals surface area (Å²) in [5.41, 5.74) is 2.33. The number of likely N-dealkylation sites (tertiary alicyclic amines) is 1. The summed E-state index contributed by atoms with van der Waals surface area (Å²) in [5.74, 6) is 0.990. The fourth-order valence-corrected chi connectivity index (χ4v) is 5.12. The van der Waals surface area contributed by atoms with Crippen LogP contribution in [0.25, 0.3) is 0 Å². The second-order valence-corrected chi connectivity index (χ2v) is 8.56. The average molecular weight is 385 g/mol. The third kappa shape index (κ3) is 3.20. The number of ether oxygens (including phenoxy) is 1. The molecular formula is C22H25ClN2O2. The Kier molecular flexibility index (Phi) is 4.30. The van der Waals surface area contributed by atoms with Gasteiger partial charge in [-0.3, -0.25) is 4.90 Å². The molecule has 3 heterocycles. The molecule has 2 aromatic rings. The Hall–Kier alpha value is -1.75. The van der Waals surface area contributed by atoms with Gasteiger partial charge in [0.2, 0.25) is 0 Å². The molecule has 1 N–H and O–H groups in total. The number of β-amino-alcohol motifs (C(OH)–C–C–N with tert-alkyl or cyclic N) is 1. The largest absolute Gasteiger partial charge is 0.487 e. The normalized spacial score (nSPS) is 27.0. The molecule has 0 saturated carbocycles. The molecule has 5 heteroatoms. The van der Waals surface area contributed by atoms with Gasteiger partial charge in [-0.05, 0) is 35.9 Å². The van der Waals surface area contributed by atoms with Crippen LogP contribution in [0.15, 0.2) is 48.5 Å². The maximum atomic E-state index is 10.7. The first-order valence-corrected chi connectivity index (χ1v) is 10.2. The lowest BCUT2D eigenvalue weighted by atomic mass is 9.86. The summed E-state index contributed by atoms with van der Waals surface area (Å²) in [6.07, 6.45) is 2.63. The summed E-state index contributed by atoms with van der Waals surface area (Å²) in [6.45, 7) is 3.52. The minimum atomic E-state index is -0.306. The summed E-state index contributed by atoms with van der Waals surface area (Å²) in [4.78, 5) is 4.75. The molecule has 2 aromatic carbocycles. The molecule has 0 bridgehead atoms. The summed E-state index contributed by atoms with van der Waals surface area (Å²) in [6, 6.07) is 16.5. The van der Waals surface area contributed by atoms with E-state index in [1.807, 2.05) is 24.3 Å². The van der Waals surface area contributed by atoms with Gasteiger partial charge in [-0.2, -0.15) is 0 Å². The van der Waals surface area contributed by atoms with E-state index in [0.29, 0.717) is 6.54 Å². The number of piperidine rings is 1. The van der Waals surface area contributed by atoms with Gasteiger partial charge in [-0.15, -0.1) is 0 Å². The number of para-hydroxylation sites is 1. The van der Waals surface area contributed by atoms with Crippen molar-refractivity contribution in [1.82, 2.24) is 4.90 Å². The molecule has 0 aliphatic carbocycles. The molecule has 1 spiro atoms. The van der Waals surface area contributed by atoms with Crippen LogP contribution < -0.4 is 9.64 Å². The van der Waals surface area contributed by atoms with Gasteiger partial charge in [0.1, 0.15) is 11.4 Å². The molecule has 2 atom stereocenters. The fourth-order valence-electron chi connectivity index (χ4n) is 4.92. The third-order valence-electron chi connectivity index (χ3n) is 6.42. The molecule has 2 fully saturated rings. The lowest BCUT2D eigenvalue weighted by molar-refractivity contribution is -0.0107. The minimum Gasteiger partial charge on any atom is -0.487 e. The molecule has 5 rings (SSSR count). The Balaban J connectivity index is 1.24. The predicted octanol–water partition coefficient (Wildman–Crippen LogP) is 3.36. The van der Waals surface area contributed by atoms with E-state index >= 15 is 0 Å². The summed E-state index contributed by atoms with van der Waals surface area (Å²) in [5, 5.41) is 11.5. The average Bonchev–Trinajstić information content (AvgIpc) is 3.23. The Morgan fingerprint density at radius 1 is 1.04 bits per heavy atom. The first-order chi connectivity index (χ1) is 13.1. The van der Waals surface area contributed by atoms with Crippen LogP contribution in [0.1, 0.15) is 18.4 Å². The monoisotopic (exact) mass is 384 g/mol. The van der Waals surface area contributed by atoms with Crippen molar-refractivity contribution in [2.75, 3.05) is 31.1 Å². The third-order valence-corrected chi connectivity index (χ3v) is 6.66. The van der Waals surface area contributed by atoms with Crippen molar-refractivity contribution < 1.29 is 9.84 Å². The van der Waals surface area contributed by atoms with E-state index in [-0.39, 0.29) is 17.7 Å². The molecule has 3 aliphatic rings. The Bertz CT molecular complexity index is 820. The zero-order valence-electron chi connectivity index (χ0n) is 15.4. The second-order valence-electron chi connectivity index (χ2n) is 8.13. The Labute approximate surface area is 165 Å². The van der Waals surface area contributed by atoms with Gasteiger partial charge in [0.15, 0.2) is 0 Å². The van der Waals surface area contributed by atoms with Crippen LogP contribution in [0.4, 0.5) is 5.69 Å². The maximum absolute atomic E-state index is 10.7. The van der Waals surface area contributed by atoms with Crippen molar-refractivity contribution >= 4 is 17.3 Å². The van der Waals surface area contributed by atoms with E-state index in [1.54, 1.807) is 0 Å². The SMILES string of the molecule is OC1CN(c2ccccc2)CC1N1CCC2(CC1)Cc1cc(Cl)ccc1O2. The fraction of sp³-hybridized carbons (Fsp3) is 0.455. The summed E-state index contributed by atoms with van der Waals surface area (Å²) >= 11 is 6.14. The second kappa shape index (κ2) is 6.69. The number of anilines is 1. The van der Waals surface area contributed by atoms with Crippen LogP contribution in [-0.2, 0) is 6.42 Å². The van der Waals surface area contributed by atoms with E-state index < -0.39 is 0 Å². The van der Waals surface area contributed by atoms with E-state index in [9.17, 15) is 5.11 Å². The number of rotatable bonds is 2. The van der Waals surface area contributed by atoms with E-state index in [4.69, 9.17) is 16.3 Å². The number of aliphatic hydroxyl groups is 1. The quantitative estimate of drug-likeness (QED) is 0.861. The standard InChI is InChI=1S/C22H25ClN2O2/c23-17-6-7-21-16(12-17)13-22(27-21)8-10-24(11-9-22)19-14-25(15-20(19)26)18-4-2-1-3-5-18/h1-7,12,19-20,26H,8-11,13-15H2. The minimum absolute atomic E-state index is 0.0911. The van der Waals surface area contributed by atoms with Crippen LogP contribution in [0.3, 0.4) is 0 Å². The summed E-state index contributed by atoms with van der Waals surface area (Å²) < 4.78 is 6.36. The van der Waals surface area contributed by atoms with Gasteiger partial charge >= 0.3 is 0 Å². The highest BCUT2D eigenvalue weighted by atomic mass is 35.5. The van der Waals surface area contributed by atoms with Crippen molar-refractivity contribution in [3.63, 3.8) is 0 Å². The van der Waals surface area contributed by atoms with E-state index in [2.05, 4.69) is 34.1 Å². The number of halogens is 1. The molecule has 2 saturated heterocycles. The Morgan fingerprint density at radius 3 is 2.59 bits per heavy atom. The number of benzene rings is 2. The van der Waals surface area contributed by atoms with Crippen molar-refractivity contribution in [2.45, 2.75) is 37.0 Å². The maximum Gasteiger partial charge on any atom is 0.123 e. The zero-order chi connectivity index (χ0) is 18.4. The highest BCUT2D eigenvalue weighted by Crippen LogP contribution is 2.42. The highest BCUT2D eigenvalue weighted by Gasteiger charge is 2.45. The van der Waals surface area contributed by atoms with Gasteiger partial charge < -0.3 is 14.7 Å². The number of hydrogen-bond acceptors (Lipinski definition) is 4. The first kappa shape index (κ1) is 17.4. The Morgan fingerprint density at radius 2 is 1.81 bits per heavy atom. The number of fused-ring (bicyclic) bond motifs is 1. The smallest absolute Gasteiger partial charge is 0.123 e.